The molecule has 0 bridgehead atoms. The predicted molar refractivity (Wildman–Crippen MR) is 187 cm³/mol. The second-order valence-electron chi connectivity index (χ2n) is 11.9. The number of hydrogen-bond donors (Lipinski definition) is 0. The zero-order valence-electron chi connectivity index (χ0n) is 28.7. The summed E-state index contributed by atoms with van der Waals surface area (Å²) >= 11 is 0. The highest BCUT2D eigenvalue weighted by Crippen LogP contribution is 2.50. The Morgan fingerprint density at radius 2 is 1.16 bits per heavy atom. The lowest BCUT2D eigenvalue weighted by molar-refractivity contribution is 0.660. The molecule has 1 heteroatoms. The quantitative estimate of drug-likeness (QED) is 0.200. The minimum Gasteiger partial charge on any atom is -0.310 e. The molecule has 0 spiro atoms. The van der Waals surface area contributed by atoms with Gasteiger partial charge in [0.1, 0.15) is 0 Å². The number of hydrogen-bond acceptors (Lipinski definition) is 1. The van der Waals surface area contributed by atoms with E-state index in [9.17, 15) is 2.74 Å². The average molecular weight is 568 g/mol. The van der Waals surface area contributed by atoms with Gasteiger partial charge in [-0.1, -0.05) is 141 Å². The first-order chi connectivity index (χ1) is 23.3. The van der Waals surface area contributed by atoms with Crippen molar-refractivity contribution in [2.24, 2.45) is 0 Å². The Labute approximate surface area is 265 Å². The first-order valence-electron chi connectivity index (χ1n) is 17.0. The molecule has 8 rings (SSSR count). The Balaban J connectivity index is 1.39. The van der Waals surface area contributed by atoms with Gasteiger partial charge in [-0.2, -0.15) is 0 Å². The smallest absolute Gasteiger partial charge is 0.0651 e. The fourth-order valence-corrected chi connectivity index (χ4v) is 6.70. The van der Waals surface area contributed by atoms with Crippen LogP contribution in [0.2, 0.25) is 0 Å². The van der Waals surface area contributed by atoms with Crippen molar-refractivity contribution in [2.75, 3.05) is 4.90 Å². The topological polar surface area (TPSA) is 3.24 Å². The summed E-state index contributed by atoms with van der Waals surface area (Å²) in [7, 11) is 0. The van der Waals surface area contributed by atoms with E-state index in [0.717, 1.165) is 33.3 Å². The third kappa shape index (κ3) is 4.32. The maximum absolute atomic E-state index is 9.72. The lowest BCUT2D eigenvalue weighted by Gasteiger charge is -2.28. The highest BCUT2D eigenvalue weighted by molar-refractivity contribution is 5.97. The Hall–Kier alpha value is -5.40. The maximum atomic E-state index is 9.72. The third-order valence-corrected chi connectivity index (χ3v) is 8.95. The molecule has 7 aromatic carbocycles. The lowest BCUT2D eigenvalue weighted by Crippen LogP contribution is -2.16. The first-order valence-corrected chi connectivity index (χ1v) is 15.0. The van der Waals surface area contributed by atoms with Gasteiger partial charge >= 0.3 is 0 Å². The van der Waals surface area contributed by atoms with E-state index >= 15 is 0 Å². The van der Waals surface area contributed by atoms with Gasteiger partial charge in [-0.15, -0.1) is 0 Å². The Morgan fingerprint density at radius 1 is 0.500 bits per heavy atom. The van der Waals surface area contributed by atoms with Crippen molar-refractivity contribution in [1.82, 2.24) is 0 Å². The standard InChI is InChI=1S/C43H33N/c1-43(2)41-21-9-8-19-39(41)40-27-26-36(29-42(40)43)44(34-24-22-31(23-25-34)30-12-4-3-5-13-30)35-17-10-16-33(28-35)38-20-11-15-32-14-6-7-18-37(32)38/h3-29H,1-2H3/i10D,16D,17D,28D. The van der Waals surface area contributed by atoms with Crippen molar-refractivity contribution in [3.63, 3.8) is 0 Å². The SMILES string of the molecule is [2H]c1c([2H])c(-c2cccc3ccccc23)c([2H])c(N(c2ccc(-c3ccccc3)cc2)c2ccc3c(c2)C(C)(C)c2ccccc2-3)c1[2H]. The molecule has 0 unspecified atom stereocenters. The number of fused-ring (bicyclic) bond motifs is 4. The molecule has 1 aliphatic carbocycles. The van der Waals surface area contributed by atoms with Crippen LogP contribution in [0.5, 0.6) is 0 Å². The van der Waals surface area contributed by atoms with Crippen molar-refractivity contribution >= 4 is 27.8 Å². The molecule has 0 radical (unpaired) electrons. The van der Waals surface area contributed by atoms with Crippen LogP contribution < -0.4 is 4.90 Å². The van der Waals surface area contributed by atoms with Gasteiger partial charge < -0.3 is 4.90 Å². The van der Waals surface area contributed by atoms with Crippen molar-refractivity contribution < 1.29 is 5.48 Å². The van der Waals surface area contributed by atoms with Crippen molar-refractivity contribution in [3.05, 3.63) is 175 Å². The molecule has 7 aromatic rings. The van der Waals surface area contributed by atoms with Crippen molar-refractivity contribution in [2.45, 2.75) is 19.3 Å². The van der Waals surface area contributed by atoms with Gasteiger partial charge in [-0.3, -0.25) is 0 Å². The normalized spacial score (nSPS) is 14.2. The van der Waals surface area contributed by atoms with Crippen LogP contribution in [0, 0.1) is 0 Å². The molecule has 0 heterocycles. The third-order valence-electron chi connectivity index (χ3n) is 8.95. The minimum absolute atomic E-state index is 0.0486. The van der Waals surface area contributed by atoms with Crippen LogP contribution in [0.1, 0.15) is 30.5 Å². The Bertz CT molecular complexity index is 2360. The molecule has 0 N–H and O–H groups in total. The van der Waals surface area contributed by atoms with Gasteiger partial charge in [0.2, 0.25) is 0 Å². The number of nitrogens with zero attached hydrogens (tertiary/aromatic N) is 1. The van der Waals surface area contributed by atoms with Crippen LogP contribution in [0.15, 0.2) is 164 Å². The largest absolute Gasteiger partial charge is 0.310 e. The zero-order valence-corrected chi connectivity index (χ0v) is 24.7. The molecule has 1 aliphatic rings. The van der Waals surface area contributed by atoms with Crippen LogP contribution >= 0.6 is 0 Å². The minimum atomic E-state index is -0.252. The monoisotopic (exact) mass is 567 g/mol. The van der Waals surface area contributed by atoms with Gasteiger partial charge in [0.15, 0.2) is 0 Å². The van der Waals surface area contributed by atoms with Crippen LogP contribution in [0.3, 0.4) is 0 Å². The molecule has 0 aliphatic heterocycles. The molecule has 0 aromatic heterocycles. The summed E-state index contributed by atoms with van der Waals surface area (Å²) in [5.74, 6) is 0. The average Bonchev–Trinajstić information content (AvgIpc) is 3.35. The van der Waals surface area contributed by atoms with Crippen LogP contribution in [-0.2, 0) is 5.41 Å². The van der Waals surface area contributed by atoms with E-state index in [1.807, 2.05) is 77.7 Å². The molecule has 1 nitrogen and oxygen atoms in total. The second kappa shape index (κ2) is 10.4. The van der Waals surface area contributed by atoms with E-state index in [-0.39, 0.29) is 35.3 Å². The van der Waals surface area contributed by atoms with Gasteiger partial charge in [-0.05, 0) is 91.6 Å². The van der Waals surface area contributed by atoms with Crippen LogP contribution in [-0.4, -0.2) is 0 Å². The Morgan fingerprint density at radius 3 is 2.02 bits per heavy atom. The molecule has 44 heavy (non-hydrogen) atoms. The molecular weight excluding hydrogens is 530 g/mol. The lowest BCUT2D eigenvalue weighted by atomic mass is 9.82. The highest BCUT2D eigenvalue weighted by atomic mass is 15.1. The van der Waals surface area contributed by atoms with Crippen molar-refractivity contribution in [1.29, 1.82) is 0 Å². The summed E-state index contributed by atoms with van der Waals surface area (Å²) < 4.78 is 37.1. The molecule has 0 fully saturated rings. The molecule has 0 amide bonds. The predicted octanol–water partition coefficient (Wildman–Crippen LogP) is 11.9. The molecule has 210 valence electrons. The van der Waals surface area contributed by atoms with E-state index in [2.05, 4.69) is 80.6 Å². The number of rotatable bonds is 5. The van der Waals surface area contributed by atoms with E-state index in [4.69, 9.17) is 2.74 Å². The van der Waals surface area contributed by atoms with Gasteiger partial charge in [0.25, 0.3) is 0 Å². The highest BCUT2D eigenvalue weighted by Gasteiger charge is 2.35. The number of benzene rings is 7. The summed E-state index contributed by atoms with van der Waals surface area (Å²) in [6.45, 7) is 4.48. The molecular formula is C43H33N. The van der Waals surface area contributed by atoms with Crippen LogP contribution in [0.4, 0.5) is 17.1 Å². The van der Waals surface area contributed by atoms with E-state index in [0.29, 0.717) is 11.1 Å². The van der Waals surface area contributed by atoms with Gasteiger partial charge in [-0.25, -0.2) is 0 Å². The fourth-order valence-electron chi connectivity index (χ4n) is 6.70. The molecule has 0 saturated heterocycles. The van der Waals surface area contributed by atoms with Crippen LogP contribution in [0.25, 0.3) is 44.2 Å². The first kappa shape index (κ1) is 22.2. The van der Waals surface area contributed by atoms with E-state index < -0.39 is 0 Å². The zero-order chi connectivity index (χ0) is 33.2. The second-order valence-corrected chi connectivity index (χ2v) is 11.9. The fraction of sp³-hybridized carbons (Fsp3) is 0.0698. The molecule has 0 atom stereocenters. The van der Waals surface area contributed by atoms with Gasteiger partial charge in [0.05, 0.1) is 5.48 Å². The summed E-state index contributed by atoms with van der Waals surface area (Å²) in [5.41, 5.74) is 9.64. The molecule has 0 saturated carbocycles. The van der Waals surface area contributed by atoms with Gasteiger partial charge in [0, 0.05) is 22.5 Å². The Kier molecular flexibility index (Phi) is 5.24. The maximum Gasteiger partial charge on any atom is 0.0651 e. The summed E-state index contributed by atoms with van der Waals surface area (Å²) in [5, 5.41) is 1.89. The summed E-state index contributed by atoms with van der Waals surface area (Å²) in [6.07, 6.45) is 0. The van der Waals surface area contributed by atoms with E-state index in [1.54, 1.807) is 0 Å². The van der Waals surface area contributed by atoms with E-state index in [1.165, 1.54) is 22.3 Å². The summed E-state index contributed by atoms with van der Waals surface area (Å²) in [6, 6.07) is 46.6. The van der Waals surface area contributed by atoms with Crippen molar-refractivity contribution in [3.8, 4) is 33.4 Å². The summed E-state index contributed by atoms with van der Waals surface area (Å²) in [4.78, 5) is 1.94. The number of anilines is 3.